The van der Waals surface area contributed by atoms with Crippen LogP contribution in [-0.2, 0) is 4.79 Å². The molecule has 0 heterocycles. The minimum Gasteiger partial charge on any atom is -0.342 e. The van der Waals surface area contributed by atoms with Crippen LogP contribution in [0.3, 0.4) is 0 Å². The van der Waals surface area contributed by atoms with Crippen molar-refractivity contribution in [2.75, 3.05) is 6.54 Å². The van der Waals surface area contributed by atoms with Gasteiger partial charge in [-0.3, -0.25) is 4.79 Å². The van der Waals surface area contributed by atoms with Gasteiger partial charge in [-0.25, -0.2) is 0 Å². The number of hydrogen-bond acceptors (Lipinski definition) is 2. The first-order chi connectivity index (χ1) is 7.69. The van der Waals surface area contributed by atoms with Gasteiger partial charge in [0.25, 0.3) is 0 Å². The van der Waals surface area contributed by atoms with Gasteiger partial charge >= 0.3 is 0 Å². The molecule has 2 atom stereocenters. The van der Waals surface area contributed by atoms with E-state index in [1.54, 1.807) is 6.92 Å². The summed E-state index contributed by atoms with van der Waals surface area (Å²) in [6, 6.07) is 9.17. The fourth-order valence-corrected chi connectivity index (χ4v) is 1.44. The lowest BCUT2D eigenvalue weighted by Crippen LogP contribution is -2.38. The molecule has 0 fully saturated rings. The molecule has 3 heteroatoms. The highest BCUT2D eigenvalue weighted by Gasteiger charge is 2.19. The zero-order valence-corrected chi connectivity index (χ0v) is 9.31. The van der Waals surface area contributed by atoms with Gasteiger partial charge in [-0.1, -0.05) is 36.3 Å². The van der Waals surface area contributed by atoms with Crippen LogP contribution in [0.25, 0.3) is 0 Å². The minimum absolute atomic E-state index is 0.126. The molecule has 1 aromatic rings. The number of nitrogens with one attached hydrogen (secondary N) is 1. The first kappa shape index (κ1) is 12.3. The summed E-state index contributed by atoms with van der Waals surface area (Å²) in [5.74, 6) is 1.99. The molecule has 1 amide bonds. The van der Waals surface area contributed by atoms with E-state index in [0.29, 0.717) is 0 Å². The van der Waals surface area contributed by atoms with Crippen molar-refractivity contribution in [3.05, 3.63) is 35.9 Å². The normalized spacial score (nSPS) is 13.6. The summed E-state index contributed by atoms with van der Waals surface area (Å²) < 4.78 is 0. The molecule has 0 aliphatic heterocycles. The topological polar surface area (TPSA) is 55.1 Å². The Hall–Kier alpha value is -1.79. The van der Waals surface area contributed by atoms with Crippen molar-refractivity contribution < 1.29 is 4.79 Å². The third-order valence-electron chi connectivity index (χ3n) is 2.36. The van der Waals surface area contributed by atoms with E-state index >= 15 is 0 Å². The highest BCUT2D eigenvalue weighted by atomic mass is 16.1. The van der Waals surface area contributed by atoms with E-state index in [2.05, 4.69) is 11.2 Å². The number of carbonyl (C=O) groups excluding carboxylic acids is 1. The van der Waals surface area contributed by atoms with Crippen LogP contribution in [0.1, 0.15) is 18.4 Å². The summed E-state index contributed by atoms with van der Waals surface area (Å²) in [5.41, 5.74) is 6.52. The summed E-state index contributed by atoms with van der Waals surface area (Å²) in [7, 11) is 0. The Kier molecular flexibility index (Phi) is 4.56. The largest absolute Gasteiger partial charge is 0.342 e. The van der Waals surface area contributed by atoms with Gasteiger partial charge in [-0.2, -0.15) is 0 Å². The zero-order chi connectivity index (χ0) is 12.0. The Morgan fingerprint density at radius 1 is 1.50 bits per heavy atom. The Balaban J connectivity index is 2.76. The summed E-state index contributed by atoms with van der Waals surface area (Å²) in [6.45, 7) is 2.03. The van der Waals surface area contributed by atoms with E-state index in [1.807, 2.05) is 30.3 Å². The van der Waals surface area contributed by atoms with Crippen molar-refractivity contribution >= 4 is 5.91 Å². The van der Waals surface area contributed by atoms with Gasteiger partial charge in [0, 0.05) is 6.54 Å². The fraction of sp³-hybridized carbons (Fsp3) is 0.308. The molecule has 0 radical (unpaired) electrons. The Morgan fingerprint density at radius 2 is 2.12 bits per heavy atom. The second-order valence-electron chi connectivity index (χ2n) is 3.60. The van der Waals surface area contributed by atoms with E-state index in [1.165, 1.54) is 0 Å². The van der Waals surface area contributed by atoms with Gasteiger partial charge in [-0.05, 0) is 12.5 Å². The molecule has 0 aliphatic rings. The number of carbonyl (C=O) groups is 1. The number of hydrogen-bond donors (Lipinski definition) is 2. The van der Waals surface area contributed by atoms with Crippen LogP contribution in [0.4, 0.5) is 0 Å². The van der Waals surface area contributed by atoms with Gasteiger partial charge in [0.05, 0.1) is 12.0 Å². The third kappa shape index (κ3) is 3.11. The highest BCUT2D eigenvalue weighted by molar-refractivity contribution is 5.84. The lowest BCUT2D eigenvalue weighted by atomic mass is 9.98. The average Bonchev–Trinajstić information content (AvgIpc) is 2.31. The molecule has 84 valence electrons. The molecule has 1 aromatic carbocycles. The van der Waals surface area contributed by atoms with Crippen LogP contribution >= 0.6 is 0 Å². The van der Waals surface area contributed by atoms with Crippen molar-refractivity contribution in [3.63, 3.8) is 0 Å². The van der Waals surface area contributed by atoms with E-state index in [-0.39, 0.29) is 24.4 Å². The molecule has 2 unspecified atom stereocenters. The van der Waals surface area contributed by atoms with Crippen LogP contribution in [0.15, 0.2) is 30.3 Å². The van der Waals surface area contributed by atoms with E-state index in [0.717, 1.165) is 5.56 Å². The van der Waals surface area contributed by atoms with Crippen LogP contribution in [0, 0.1) is 12.3 Å². The molecular formula is C13H16N2O. The predicted molar refractivity (Wildman–Crippen MR) is 64.7 cm³/mol. The maximum atomic E-state index is 11.9. The predicted octanol–water partition coefficient (Wildman–Crippen LogP) is 0.867. The lowest BCUT2D eigenvalue weighted by Gasteiger charge is -2.16. The molecule has 0 spiro atoms. The Bertz CT molecular complexity index is 381. The zero-order valence-electron chi connectivity index (χ0n) is 9.31. The summed E-state index contributed by atoms with van der Waals surface area (Å²) >= 11 is 0. The molecule has 0 aliphatic carbocycles. The molecule has 0 bridgehead atoms. The summed E-state index contributed by atoms with van der Waals surface area (Å²) in [6.07, 6.45) is 5.20. The standard InChI is InChI=1S/C13H16N2O/c1-3-10(2)15-13(16)12(9-14)11-7-5-4-6-8-11/h1,4-8,10,12H,9,14H2,2H3,(H,15,16). The van der Waals surface area contributed by atoms with E-state index in [4.69, 9.17) is 12.2 Å². The molecule has 0 saturated carbocycles. The Labute approximate surface area is 96.0 Å². The number of rotatable bonds is 4. The molecule has 16 heavy (non-hydrogen) atoms. The van der Waals surface area contributed by atoms with E-state index < -0.39 is 0 Å². The summed E-state index contributed by atoms with van der Waals surface area (Å²) in [5, 5.41) is 2.72. The smallest absolute Gasteiger partial charge is 0.229 e. The first-order valence-electron chi connectivity index (χ1n) is 5.20. The number of terminal acetylenes is 1. The molecular weight excluding hydrogens is 200 g/mol. The first-order valence-corrected chi connectivity index (χ1v) is 5.20. The molecule has 0 aromatic heterocycles. The second kappa shape index (κ2) is 5.94. The number of nitrogens with two attached hydrogens (primary N) is 1. The van der Waals surface area contributed by atoms with E-state index in [9.17, 15) is 4.79 Å². The van der Waals surface area contributed by atoms with Gasteiger partial charge in [0.1, 0.15) is 0 Å². The Morgan fingerprint density at radius 3 is 2.62 bits per heavy atom. The van der Waals surface area contributed by atoms with Crippen LogP contribution < -0.4 is 11.1 Å². The summed E-state index contributed by atoms with van der Waals surface area (Å²) in [4.78, 5) is 11.9. The maximum Gasteiger partial charge on any atom is 0.229 e. The van der Waals surface area contributed by atoms with Gasteiger partial charge in [0.15, 0.2) is 0 Å². The van der Waals surface area contributed by atoms with Crippen molar-refractivity contribution in [2.24, 2.45) is 5.73 Å². The van der Waals surface area contributed by atoms with Crippen molar-refractivity contribution in [3.8, 4) is 12.3 Å². The van der Waals surface area contributed by atoms with Crippen molar-refractivity contribution in [1.82, 2.24) is 5.32 Å². The molecule has 0 saturated heterocycles. The van der Waals surface area contributed by atoms with Crippen LogP contribution in [0.5, 0.6) is 0 Å². The van der Waals surface area contributed by atoms with Crippen LogP contribution in [-0.4, -0.2) is 18.5 Å². The van der Waals surface area contributed by atoms with Gasteiger partial charge in [0.2, 0.25) is 5.91 Å². The SMILES string of the molecule is C#CC(C)NC(=O)C(CN)c1ccccc1. The monoisotopic (exact) mass is 216 g/mol. The highest BCUT2D eigenvalue weighted by Crippen LogP contribution is 2.14. The fourth-order valence-electron chi connectivity index (χ4n) is 1.44. The lowest BCUT2D eigenvalue weighted by molar-refractivity contribution is -0.122. The second-order valence-corrected chi connectivity index (χ2v) is 3.60. The molecule has 3 nitrogen and oxygen atoms in total. The average molecular weight is 216 g/mol. The molecule has 3 N–H and O–H groups in total. The minimum atomic E-state index is -0.336. The number of benzene rings is 1. The van der Waals surface area contributed by atoms with Gasteiger partial charge in [-0.15, -0.1) is 6.42 Å². The quantitative estimate of drug-likeness (QED) is 0.734. The maximum absolute atomic E-state index is 11.9. The van der Waals surface area contributed by atoms with Crippen LogP contribution in [0.2, 0.25) is 0 Å². The number of amides is 1. The van der Waals surface area contributed by atoms with Crippen molar-refractivity contribution in [2.45, 2.75) is 18.9 Å². The van der Waals surface area contributed by atoms with Crippen molar-refractivity contribution in [1.29, 1.82) is 0 Å². The molecule has 1 rings (SSSR count). The third-order valence-corrected chi connectivity index (χ3v) is 2.36. The van der Waals surface area contributed by atoms with Gasteiger partial charge < -0.3 is 11.1 Å².